The number of aromatic hydroxyl groups is 1. The van der Waals surface area contributed by atoms with Crippen LogP contribution in [0.25, 0.3) is 0 Å². The van der Waals surface area contributed by atoms with Crippen LogP contribution in [0.15, 0.2) is 24.3 Å². The van der Waals surface area contributed by atoms with E-state index in [1.54, 1.807) is 12.1 Å². The molecule has 82 valence electrons. The molecule has 8 heteroatoms. The number of carboxylic acid groups (broad SMARTS) is 3. The molecule has 0 bridgehead atoms. The molecule has 0 amide bonds. The fourth-order valence-electron chi connectivity index (χ4n) is 0.788. The molecule has 2 N–H and O–H groups in total. The Hall–Kier alpha value is 1.86. The summed E-state index contributed by atoms with van der Waals surface area (Å²) in [6.07, 6.45) is -2.33. The molecule has 1 aromatic carbocycles. The van der Waals surface area contributed by atoms with E-state index in [1.807, 2.05) is 0 Å². The van der Waals surface area contributed by atoms with Gasteiger partial charge in [-0.2, -0.15) is 0 Å². The van der Waals surface area contributed by atoms with E-state index in [-0.39, 0.29) is 150 Å². The summed E-state index contributed by atoms with van der Waals surface area (Å²) in [5.41, 5.74) is 0.690. The summed E-state index contributed by atoms with van der Waals surface area (Å²) >= 11 is 0. The van der Waals surface area contributed by atoms with E-state index in [9.17, 15) is 4.79 Å². The minimum absolute atomic E-state index is 0. The van der Waals surface area contributed by atoms with Gasteiger partial charge in [-0.3, -0.25) is 4.79 Å². The van der Waals surface area contributed by atoms with Crippen LogP contribution in [-0.4, -0.2) is 22.3 Å². The zero-order chi connectivity index (χ0) is 11.8. The molecular formula is C9H8Cs2O6. The molecule has 0 unspecified atom stereocenters. The quantitative estimate of drug-likeness (QED) is 0.436. The Morgan fingerprint density at radius 2 is 1.41 bits per heavy atom. The predicted molar refractivity (Wildman–Crippen MR) is 44.8 cm³/mol. The fraction of sp³-hybridized carbons (Fsp3) is 0.111. The molecule has 0 aliphatic heterocycles. The average molecular weight is 478 g/mol. The molecular weight excluding hydrogens is 470 g/mol. The molecule has 1 aromatic rings. The van der Waals surface area contributed by atoms with Gasteiger partial charge in [0.05, 0.1) is 6.42 Å². The van der Waals surface area contributed by atoms with Crippen molar-refractivity contribution >= 4 is 12.1 Å². The first-order valence-corrected chi connectivity index (χ1v) is 3.79. The molecule has 0 fully saturated rings. The third-order valence-electron chi connectivity index (χ3n) is 1.29. The number of hydrogen-bond donors (Lipinski definition) is 2. The number of aliphatic carboxylic acids is 1. The Labute approximate surface area is 216 Å². The molecule has 0 heterocycles. The van der Waals surface area contributed by atoms with Crippen LogP contribution in [0.1, 0.15) is 5.56 Å². The van der Waals surface area contributed by atoms with Crippen molar-refractivity contribution in [3.63, 3.8) is 0 Å². The van der Waals surface area contributed by atoms with E-state index < -0.39 is 12.1 Å². The van der Waals surface area contributed by atoms with Crippen molar-refractivity contribution in [1.82, 2.24) is 0 Å². The fourth-order valence-corrected chi connectivity index (χ4v) is 0.788. The van der Waals surface area contributed by atoms with Crippen LogP contribution in [0.4, 0.5) is 4.79 Å². The normalized spacial score (nSPS) is 7.53. The van der Waals surface area contributed by atoms with Crippen molar-refractivity contribution in [3.8, 4) is 5.75 Å². The van der Waals surface area contributed by atoms with Gasteiger partial charge in [-0.15, -0.1) is 0 Å². The van der Waals surface area contributed by atoms with Gasteiger partial charge in [-0.25, -0.2) is 0 Å². The summed E-state index contributed by atoms with van der Waals surface area (Å²) in [4.78, 5) is 18.5. The molecule has 1 rings (SSSR count). The summed E-state index contributed by atoms with van der Waals surface area (Å²) in [6, 6.07) is 6.11. The van der Waals surface area contributed by atoms with E-state index in [0.29, 0.717) is 5.56 Å². The van der Waals surface area contributed by atoms with Gasteiger partial charge in [0.1, 0.15) is 5.75 Å². The minimum atomic E-state index is -2.33. The maximum absolute atomic E-state index is 10.2. The molecule has 0 atom stereocenters. The van der Waals surface area contributed by atoms with Crippen molar-refractivity contribution in [3.05, 3.63) is 29.8 Å². The Morgan fingerprint density at radius 3 is 1.71 bits per heavy atom. The second-order valence-corrected chi connectivity index (χ2v) is 2.49. The molecule has 0 spiro atoms. The number of phenols is 1. The Balaban J connectivity index is -0.000000289. The largest absolute Gasteiger partial charge is 1.00 e. The predicted octanol–water partition coefficient (Wildman–Crippen LogP) is -7.42. The van der Waals surface area contributed by atoms with Gasteiger partial charge in [-0.05, 0) is 23.9 Å². The third kappa shape index (κ3) is 17.9. The van der Waals surface area contributed by atoms with Gasteiger partial charge in [0.15, 0.2) is 0 Å². The summed E-state index contributed by atoms with van der Waals surface area (Å²) in [7, 11) is 0. The van der Waals surface area contributed by atoms with Gasteiger partial charge in [-0.1, -0.05) is 12.1 Å². The van der Waals surface area contributed by atoms with E-state index in [1.165, 1.54) is 12.1 Å². The van der Waals surface area contributed by atoms with E-state index in [2.05, 4.69) is 0 Å². The van der Waals surface area contributed by atoms with Gasteiger partial charge >= 0.3 is 144 Å². The Bertz CT molecular complexity index is 334. The Morgan fingerprint density at radius 1 is 1.06 bits per heavy atom. The number of rotatable bonds is 2. The summed E-state index contributed by atoms with van der Waals surface area (Å²) in [6.45, 7) is 0. The van der Waals surface area contributed by atoms with Crippen molar-refractivity contribution in [1.29, 1.82) is 0 Å². The van der Waals surface area contributed by atoms with Gasteiger partial charge in [0.25, 0.3) is 0 Å². The first kappa shape index (κ1) is 23.9. The van der Waals surface area contributed by atoms with Crippen LogP contribution in [0.2, 0.25) is 0 Å². The van der Waals surface area contributed by atoms with Crippen molar-refractivity contribution in [2.75, 3.05) is 0 Å². The van der Waals surface area contributed by atoms with E-state index in [4.69, 9.17) is 25.2 Å². The monoisotopic (exact) mass is 478 g/mol. The molecule has 0 aromatic heterocycles. The average Bonchev–Trinajstić information content (AvgIpc) is 2.07. The van der Waals surface area contributed by atoms with Gasteiger partial charge in [0.2, 0.25) is 0 Å². The van der Waals surface area contributed by atoms with Crippen molar-refractivity contribution in [2.45, 2.75) is 6.42 Å². The number of benzene rings is 1. The SMILES string of the molecule is O=C(O)Cc1ccc(O)cc1.O=C([O-])[O-].[Cs+].[Cs+]. The number of phenolic OH excluding ortho intramolecular Hbond substituents is 1. The zero-order valence-electron chi connectivity index (χ0n) is 9.54. The molecule has 0 saturated heterocycles. The summed E-state index contributed by atoms with van der Waals surface area (Å²) in [5.74, 6) is -0.713. The topological polar surface area (TPSA) is 121 Å². The molecule has 0 saturated carbocycles. The van der Waals surface area contributed by atoms with Crippen molar-refractivity contribution in [2.24, 2.45) is 0 Å². The van der Waals surface area contributed by atoms with Gasteiger partial charge in [0, 0.05) is 0 Å². The first-order chi connectivity index (χ1) is 6.91. The van der Waals surface area contributed by atoms with E-state index >= 15 is 0 Å². The van der Waals surface area contributed by atoms with Crippen LogP contribution in [0, 0.1) is 0 Å². The molecule has 0 aliphatic rings. The second kappa shape index (κ2) is 14.3. The van der Waals surface area contributed by atoms with Crippen LogP contribution >= 0.6 is 0 Å². The van der Waals surface area contributed by atoms with Gasteiger partial charge < -0.3 is 25.2 Å². The minimum Gasteiger partial charge on any atom is -0.652 e. The smallest absolute Gasteiger partial charge is 0.652 e. The number of hydrogen-bond acceptors (Lipinski definition) is 5. The van der Waals surface area contributed by atoms with Crippen LogP contribution in [0.3, 0.4) is 0 Å². The Kier molecular flexibility index (Phi) is 20.1. The second-order valence-electron chi connectivity index (χ2n) is 2.49. The molecule has 6 nitrogen and oxygen atoms in total. The molecule has 0 aliphatic carbocycles. The molecule has 0 radical (unpaired) electrons. The van der Waals surface area contributed by atoms with Crippen molar-refractivity contribution < 1.29 is 168 Å². The first-order valence-electron chi connectivity index (χ1n) is 3.79. The van der Waals surface area contributed by atoms with Crippen LogP contribution in [-0.2, 0) is 11.2 Å². The summed E-state index contributed by atoms with van der Waals surface area (Å²) in [5, 5.41) is 33.9. The summed E-state index contributed by atoms with van der Waals surface area (Å²) < 4.78 is 0. The molecule has 17 heavy (non-hydrogen) atoms. The van der Waals surface area contributed by atoms with E-state index in [0.717, 1.165) is 0 Å². The maximum atomic E-state index is 10.2. The van der Waals surface area contributed by atoms with Crippen LogP contribution < -0.4 is 148 Å². The zero-order valence-corrected chi connectivity index (χ0v) is 22.1. The number of carboxylic acids is 1. The maximum Gasteiger partial charge on any atom is 1.00 e. The van der Waals surface area contributed by atoms with Crippen LogP contribution in [0.5, 0.6) is 5.75 Å². The standard InChI is InChI=1S/C8H8O3.CH2O3.2Cs/c9-7-3-1-6(2-4-7)5-8(10)11;2-1(3)4;;/h1-4,9H,5H2,(H,10,11);(H2,2,3,4);;/q;;2*+1/p-2. The number of carbonyl (C=O) groups is 2. The third-order valence-corrected chi connectivity index (χ3v) is 1.29. The number of carbonyl (C=O) groups excluding carboxylic acids is 1.